The van der Waals surface area contributed by atoms with Crippen molar-refractivity contribution in [1.29, 1.82) is 0 Å². The van der Waals surface area contributed by atoms with E-state index < -0.39 is 0 Å². The number of hydrogen-bond acceptors (Lipinski definition) is 2. The van der Waals surface area contributed by atoms with Gasteiger partial charge in [0.05, 0.1) is 0 Å². The van der Waals surface area contributed by atoms with Gasteiger partial charge in [-0.3, -0.25) is 0 Å². The van der Waals surface area contributed by atoms with E-state index in [9.17, 15) is 0 Å². The Morgan fingerprint density at radius 2 is 1.33 bits per heavy atom. The van der Waals surface area contributed by atoms with E-state index in [4.69, 9.17) is 19.4 Å². The molecule has 0 spiro atoms. The summed E-state index contributed by atoms with van der Waals surface area (Å²) in [6.45, 7) is 16.3. The first kappa shape index (κ1) is 30.8. The van der Waals surface area contributed by atoms with Crippen molar-refractivity contribution in [3.8, 4) is 0 Å². The van der Waals surface area contributed by atoms with Crippen molar-refractivity contribution in [2.24, 2.45) is 5.41 Å². The second-order valence-electron chi connectivity index (χ2n) is 12.6. The fraction of sp³-hybridized carbons (Fsp3) is 0.767. The molecule has 3 fully saturated rings. The van der Waals surface area contributed by atoms with Gasteiger partial charge in [-0.1, -0.05) is 54.4 Å². The van der Waals surface area contributed by atoms with Crippen LogP contribution in [-0.4, -0.2) is 38.9 Å². The van der Waals surface area contributed by atoms with Crippen molar-refractivity contribution in [2.75, 3.05) is 0 Å². The minimum atomic E-state index is -0.346. The van der Waals surface area contributed by atoms with Crippen LogP contribution in [0.25, 0.3) is 0 Å². The van der Waals surface area contributed by atoms with E-state index in [1.807, 2.05) is 0 Å². The molecule has 0 aromatic carbocycles. The van der Waals surface area contributed by atoms with E-state index in [2.05, 4.69) is 82.5 Å². The topological polar surface area (TPSA) is 6.48 Å². The van der Waals surface area contributed by atoms with E-state index in [0.717, 1.165) is 17.0 Å². The molecule has 206 valence electrons. The molecule has 4 rings (SSSR count). The molecule has 0 saturated heterocycles. The van der Waals surface area contributed by atoms with Crippen LogP contribution >= 0.6 is 27.3 Å². The average Bonchev–Trinajstić information content (AvgIpc) is 3.59. The Morgan fingerprint density at radius 1 is 0.889 bits per heavy atom. The van der Waals surface area contributed by atoms with Gasteiger partial charge in [0.15, 0.2) is 0 Å². The van der Waals surface area contributed by atoms with Crippen molar-refractivity contribution >= 4 is 27.3 Å². The first-order valence-corrected chi connectivity index (χ1v) is 20.2. The second-order valence-corrected chi connectivity index (χ2v) is 18.2. The Morgan fingerprint density at radius 3 is 1.72 bits per heavy atom. The van der Waals surface area contributed by atoms with Crippen molar-refractivity contribution in [1.82, 2.24) is 9.80 Å². The molecular formula is C30H49Cl2N2PRu. The molecule has 4 aliphatic rings. The summed E-state index contributed by atoms with van der Waals surface area (Å²) in [4.78, 5) is 5.15. The third-order valence-electron chi connectivity index (χ3n) is 8.09. The molecule has 0 bridgehead atoms. The summed E-state index contributed by atoms with van der Waals surface area (Å²) >= 11 is -0.346. The first-order chi connectivity index (χ1) is 17.1. The Kier molecular flexibility index (Phi) is 12.0. The van der Waals surface area contributed by atoms with Crippen molar-refractivity contribution < 1.29 is 15.1 Å². The Bertz CT molecular complexity index is 806. The summed E-state index contributed by atoms with van der Waals surface area (Å²) in [6, 6.07) is 0.955. The molecule has 2 nitrogen and oxygen atoms in total. The monoisotopic (exact) mass is 640 g/mol. The third-order valence-corrected chi connectivity index (χ3v) is 12.0. The summed E-state index contributed by atoms with van der Waals surface area (Å²) in [6.07, 6.45) is 21.5. The molecule has 6 heteroatoms. The van der Waals surface area contributed by atoms with Crippen LogP contribution in [0.4, 0.5) is 0 Å². The SMILES string of the molecule is CC(C)N1C=CN(C(C)C)C1=C1C(=C=CC(C)(C)C)CCC1P(C1CCCC1)C1CCCC1.[Cl][Ru][Cl]. The number of allylic oxidation sites excluding steroid dienone is 2. The molecule has 0 aromatic heterocycles. The van der Waals surface area contributed by atoms with E-state index in [0.29, 0.717) is 12.1 Å². The molecule has 0 amide bonds. The van der Waals surface area contributed by atoms with Gasteiger partial charge < -0.3 is 9.80 Å². The van der Waals surface area contributed by atoms with Crippen molar-refractivity contribution in [3.05, 3.63) is 41.2 Å². The van der Waals surface area contributed by atoms with Crippen LogP contribution in [0, 0.1) is 5.41 Å². The van der Waals surface area contributed by atoms with Gasteiger partial charge in [-0.15, -0.1) is 5.73 Å². The number of halogens is 2. The summed E-state index contributed by atoms with van der Waals surface area (Å²) in [5, 5.41) is 0. The molecule has 1 aliphatic heterocycles. The molecule has 3 saturated carbocycles. The van der Waals surface area contributed by atoms with Gasteiger partial charge >= 0.3 is 34.5 Å². The van der Waals surface area contributed by atoms with Crippen LogP contribution in [0.2, 0.25) is 0 Å². The van der Waals surface area contributed by atoms with Gasteiger partial charge in [0.2, 0.25) is 0 Å². The van der Waals surface area contributed by atoms with E-state index in [-0.39, 0.29) is 28.5 Å². The number of rotatable bonds is 5. The van der Waals surface area contributed by atoms with Gasteiger partial charge in [0.1, 0.15) is 5.82 Å². The predicted molar refractivity (Wildman–Crippen MR) is 157 cm³/mol. The summed E-state index contributed by atoms with van der Waals surface area (Å²) in [5.74, 6) is 1.50. The third kappa shape index (κ3) is 7.66. The molecule has 0 aromatic rings. The normalized spacial score (nSPS) is 23.7. The molecule has 1 atom stereocenters. The van der Waals surface area contributed by atoms with E-state index in [1.165, 1.54) is 75.6 Å². The van der Waals surface area contributed by atoms with Gasteiger partial charge in [-0.2, -0.15) is 0 Å². The molecule has 1 heterocycles. The minimum absolute atomic E-state index is 0.0247. The number of nitrogens with zero attached hydrogens (tertiary/aromatic N) is 2. The van der Waals surface area contributed by atoms with Crippen LogP contribution in [0.3, 0.4) is 0 Å². The van der Waals surface area contributed by atoms with Gasteiger partial charge in [0.25, 0.3) is 0 Å². The Hall–Kier alpha value is 0.233. The zero-order valence-electron chi connectivity index (χ0n) is 23.6. The zero-order valence-corrected chi connectivity index (χ0v) is 27.8. The van der Waals surface area contributed by atoms with Crippen LogP contribution in [0.1, 0.15) is 113 Å². The summed E-state index contributed by atoms with van der Waals surface area (Å²) in [7, 11) is 9.73. The first-order valence-electron chi connectivity index (χ1n) is 14.2. The standard InChI is InChI=1S/C30H49N2P.2ClH.Ru/c1-22(2)31-20-21-32(23(3)4)29(31)28-24(18-19-30(5,6)7)16-17-27(28)33(25-12-8-9-13-25)26-14-10-11-15-26;;;/h19-23,25-27H,8-17H2,1-7H3;2*1H;/q;;;+2/p-2. The van der Waals surface area contributed by atoms with Crippen LogP contribution in [0.5, 0.6) is 0 Å². The van der Waals surface area contributed by atoms with Gasteiger partial charge in [0, 0.05) is 41.3 Å². The Labute approximate surface area is 239 Å². The molecule has 36 heavy (non-hydrogen) atoms. The average molecular weight is 641 g/mol. The Balaban J connectivity index is 0.00000115. The maximum absolute atomic E-state index is 4.85. The molecule has 3 aliphatic carbocycles. The molecular weight excluding hydrogens is 591 g/mol. The second kappa shape index (κ2) is 14.0. The van der Waals surface area contributed by atoms with Crippen molar-refractivity contribution in [2.45, 2.75) is 142 Å². The molecule has 1 unspecified atom stereocenters. The fourth-order valence-corrected chi connectivity index (χ4v) is 11.1. The molecule has 0 N–H and O–H groups in total. The quantitative estimate of drug-likeness (QED) is 0.168. The fourth-order valence-electron chi connectivity index (χ4n) is 6.54. The summed E-state index contributed by atoms with van der Waals surface area (Å²) < 4.78 is 0. The van der Waals surface area contributed by atoms with Crippen LogP contribution in [0.15, 0.2) is 41.2 Å². The van der Waals surface area contributed by atoms with Gasteiger partial charge in [-0.25, -0.2) is 0 Å². The van der Waals surface area contributed by atoms with Crippen LogP contribution in [-0.2, 0) is 15.1 Å². The molecule has 0 radical (unpaired) electrons. The summed E-state index contributed by atoms with van der Waals surface area (Å²) in [5.41, 5.74) is 10.0. The van der Waals surface area contributed by atoms with E-state index >= 15 is 0 Å². The maximum atomic E-state index is 4.85. The van der Waals surface area contributed by atoms with Crippen LogP contribution < -0.4 is 0 Å². The van der Waals surface area contributed by atoms with E-state index in [1.54, 1.807) is 5.57 Å². The zero-order chi connectivity index (χ0) is 26.5. The van der Waals surface area contributed by atoms with Crippen molar-refractivity contribution in [3.63, 3.8) is 0 Å². The van der Waals surface area contributed by atoms with Gasteiger partial charge in [-0.05, 0) is 89.0 Å². The predicted octanol–water partition coefficient (Wildman–Crippen LogP) is 10.1. The number of hydrogen-bond donors (Lipinski definition) is 0.